The highest BCUT2D eigenvalue weighted by molar-refractivity contribution is 5.85. The van der Waals surface area contributed by atoms with Crippen LogP contribution < -0.4 is 5.32 Å². The summed E-state index contributed by atoms with van der Waals surface area (Å²) in [5.74, 6) is 0. The molecule has 0 saturated heterocycles. The fourth-order valence-corrected chi connectivity index (χ4v) is 3.43. The monoisotopic (exact) mass is 348 g/mol. The van der Waals surface area contributed by atoms with Crippen molar-refractivity contribution < 1.29 is 5.11 Å². The van der Waals surface area contributed by atoms with E-state index in [1.165, 1.54) is 27.5 Å². The van der Waals surface area contributed by atoms with Crippen LogP contribution in [0.25, 0.3) is 10.8 Å². The Hall–Kier alpha value is -2.20. The molecule has 0 radical (unpaired) electrons. The average molecular weight is 348 g/mol. The third kappa shape index (κ3) is 4.92. The molecular formula is C23H28N2O. The van der Waals surface area contributed by atoms with Gasteiger partial charge in [0.1, 0.15) is 0 Å². The van der Waals surface area contributed by atoms with E-state index < -0.39 is 0 Å². The molecule has 0 aliphatic carbocycles. The number of aliphatic hydroxyl groups excluding tert-OH is 1. The molecule has 2 N–H and O–H groups in total. The molecule has 3 rings (SSSR count). The Kier molecular flexibility index (Phi) is 6.78. The van der Waals surface area contributed by atoms with Crippen LogP contribution in [0.4, 0.5) is 0 Å². The maximum atomic E-state index is 9.45. The predicted octanol–water partition coefficient (Wildman–Crippen LogP) is 3.60. The zero-order valence-corrected chi connectivity index (χ0v) is 15.5. The molecule has 3 aromatic carbocycles. The molecule has 0 fully saturated rings. The smallest absolute Gasteiger partial charge is 0.0558 e. The van der Waals surface area contributed by atoms with Crippen LogP contribution in [0.3, 0.4) is 0 Å². The van der Waals surface area contributed by atoms with Crippen LogP contribution in [0, 0.1) is 0 Å². The zero-order valence-electron chi connectivity index (χ0n) is 15.5. The van der Waals surface area contributed by atoms with E-state index in [-0.39, 0.29) is 6.61 Å². The summed E-state index contributed by atoms with van der Waals surface area (Å²) in [5, 5.41) is 15.2. The van der Waals surface area contributed by atoms with E-state index in [0.29, 0.717) is 6.54 Å². The molecule has 0 spiro atoms. The first-order valence-electron chi connectivity index (χ1n) is 9.32. The highest BCUT2D eigenvalue weighted by Crippen LogP contribution is 2.19. The van der Waals surface area contributed by atoms with Gasteiger partial charge in [-0.05, 0) is 40.9 Å². The Morgan fingerprint density at radius 3 is 2.35 bits per heavy atom. The second kappa shape index (κ2) is 9.48. The van der Waals surface area contributed by atoms with Crippen molar-refractivity contribution in [1.29, 1.82) is 0 Å². The van der Waals surface area contributed by atoms with Gasteiger partial charge in [-0.25, -0.2) is 0 Å². The minimum absolute atomic E-state index is 0.188. The number of nitrogens with one attached hydrogen (secondary N) is 1. The van der Waals surface area contributed by atoms with Crippen LogP contribution >= 0.6 is 0 Å². The lowest BCUT2D eigenvalue weighted by molar-refractivity contribution is 0.192. The van der Waals surface area contributed by atoms with Gasteiger partial charge in [0.05, 0.1) is 6.61 Å². The van der Waals surface area contributed by atoms with E-state index in [9.17, 15) is 5.11 Å². The molecule has 0 bridgehead atoms. The largest absolute Gasteiger partial charge is 0.395 e. The molecule has 3 nitrogen and oxygen atoms in total. The van der Waals surface area contributed by atoms with E-state index in [1.54, 1.807) is 0 Å². The summed E-state index contributed by atoms with van der Waals surface area (Å²) in [5.41, 5.74) is 3.95. The van der Waals surface area contributed by atoms with Crippen molar-refractivity contribution >= 4 is 10.8 Å². The molecule has 0 heterocycles. The number of hydrogen-bond acceptors (Lipinski definition) is 3. The van der Waals surface area contributed by atoms with E-state index in [1.807, 2.05) is 7.05 Å². The molecule has 0 saturated carbocycles. The van der Waals surface area contributed by atoms with Crippen LogP contribution in [0.2, 0.25) is 0 Å². The number of benzene rings is 3. The molecule has 26 heavy (non-hydrogen) atoms. The quantitative estimate of drug-likeness (QED) is 0.620. The minimum Gasteiger partial charge on any atom is -0.395 e. The molecule has 0 aliphatic rings. The number of nitrogens with zero attached hydrogens (tertiary/aromatic N) is 1. The zero-order chi connectivity index (χ0) is 18.2. The van der Waals surface area contributed by atoms with Crippen LogP contribution in [0.5, 0.6) is 0 Å². The second-order valence-electron chi connectivity index (χ2n) is 6.73. The van der Waals surface area contributed by atoms with Gasteiger partial charge in [-0.3, -0.25) is 4.90 Å². The van der Waals surface area contributed by atoms with Crippen molar-refractivity contribution in [2.75, 3.05) is 26.7 Å². The fourth-order valence-electron chi connectivity index (χ4n) is 3.43. The summed E-state index contributed by atoms with van der Waals surface area (Å²) in [6, 6.07) is 23.8. The summed E-state index contributed by atoms with van der Waals surface area (Å²) < 4.78 is 0. The predicted molar refractivity (Wildman–Crippen MR) is 109 cm³/mol. The Morgan fingerprint density at radius 2 is 1.58 bits per heavy atom. The minimum atomic E-state index is 0.188. The first-order chi connectivity index (χ1) is 12.8. The molecule has 0 unspecified atom stereocenters. The van der Waals surface area contributed by atoms with Crippen molar-refractivity contribution in [3.05, 3.63) is 83.4 Å². The first-order valence-corrected chi connectivity index (χ1v) is 9.32. The van der Waals surface area contributed by atoms with E-state index >= 15 is 0 Å². The third-order valence-corrected chi connectivity index (χ3v) is 4.80. The van der Waals surface area contributed by atoms with Gasteiger partial charge in [0, 0.05) is 26.2 Å². The Morgan fingerprint density at radius 1 is 0.846 bits per heavy atom. The van der Waals surface area contributed by atoms with Crippen molar-refractivity contribution in [1.82, 2.24) is 10.2 Å². The summed E-state index contributed by atoms with van der Waals surface area (Å²) in [6.07, 6.45) is 0.985. The number of aliphatic hydroxyl groups is 1. The van der Waals surface area contributed by atoms with E-state index in [0.717, 1.165) is 26.1 Å². The Balaban J connectivity index is 1.66. The lowest BCUT2D eigenvalue weighted by Gasteiger charge is -2.22. The maximum absolute atomic E-state index is 9.45. The number of fused-ring (bicyclic) bond motifs is 1. The normalized spacial score (nSPS) is 11.3. The number of hydrogen-bond donors (Lipinski definition) is 2. The van der Waals surface area contributed by atoms with Gasteiger partial charge in [-0.2, -0.15) is 0 Å². The Labute approximate surface area is 156 Å². The average Bonchev–Trinajstić information content (AvgIpc) is 2.68. The van der Waals surface area contributed by atoms with Crippen molar-refractivity contribution in [2.45, 2.75) is 19.5 Å². The van der Waals surface area contributed by atoms with Gasteiger partial charge in [-0.15, -0.1) is 0 Å². The standard InChI is InChI=1S/C23H28N2O/c1-24-17-19-9-11-20(12-10-19)18-25(15-16-26)14-13-22-7-4-6-21-5-2-3-8-23(21)22/h2-12,24,26H,13-18H2,1H3. The number of rotatable bonds is 9. The second-order valence-corrected chi connectivity index (χ2v) is 6.73. The SMILES string of the molecule is CNCc1ccc(CN(CCO)CCc2cccc3ccccc23)cc1. The van der Waals surface area contributed by atoms with E-state index in [4.69, 9.17) is 0 Å². The van der Waals surface area contributed by atoms with Gasteiger partial charge in [0.15, 0.2) is 0 Å². The molecule has 0 aliphatic heterocycles. The summed E-state index contributed by atoms with van der Waals surface area (Å²) in [4.78, 5) is 2.33. The van der Waals surface area contributed by atoms with Gasteiger partial charge in [-0.1, -0.05) is 66.7 Å². The highest BCUT2D eigenvalue weighted by Gasteiger charge is 2.08. The third-order valence-electron chi connectivity index (χ3n) is 4.80. The summed E-state index contributed by atoms with van der Waals surface area (Å²) >= 11 is 0. The maximum Gasteiger partial charge on any atom is 0.0558 e. The van der Waals surface area contributed by atoms with Gasteiger partial charge >= 0.3 is 0 Å². The lowest BCUT2D eigenvalue weighted by Crippen LogP contribution is -2.28. The lowest BCUT2D eigenvalue weighted by atomic mass is 10.0. The van der Waals surface area contributed by atoms with Gasteiger partial charge in [0.25, 0.3) is 0 Å². The molecule has 0 aromatic heterocycles. The molecule has 3 heteroatoms. The summed E-state index contributed by atoms with van der Waals surface area (Å²) in [6.45, 7) is 3.58. The topological polar surface area (TPSA) is 35.5 Å². The fraction of sp³-hybridized carbons (Fsp3) is 0.304. The van der Waals surface area contributed by atoms with Gasteiger partial charge < -0.3 is 10.4 Å². The molecule has 3 aromatic rings. The van der Waals surface area contributed by atoms with Crippen LogP contribution in [0.1, 0.15) is 16.7 Å². The van der Waals surface area contributed by atoms with Crippen molar-refractivity contribution in [3.8, 4) is 0 Å². The van der Waals surface area contributed by atoms with Crippen molar-refractivity contribution in [3.63, 3.8) is 0 Å². The van der Waals surface area contributed by atoms with Crippen molar-refractivity contribution in [2.24, 2.45) is 0 Å². The molecule has 0 atom stereocenters. The summed E-state index contributed by atoms with van der Waals surface area (Å²) in [7, 11) is 1.96. The van der Waals surface area contributed by atoms with Crippen LogP contribution in [-0.4, -0.2) is 36.8 Å². The Bertz CT molecular complexity index is 809. The van der Waals surface area contributed by atoms with Crippen LogP contribution in [-0.2, 0) is 19.5 Å². The first kappa shape index (κ1) is 18.6. The van der Waals surface area contributed by atoms with E-state index in [2.05, 4.69) is 76.9 Å². The van der Waals surface area contributed by atoms with Crippen LogP contribution in [0.15, 0.2) is 66.7 Å². The highest BCUT2D eigenvalue weighted by atomic mass is 16.3. The molecule has 0 amide bonds. The van der Waals surface area contributed by atoms with Gasteiger partial charge in [0.2, 0.25) is 0 Å². The molecule has 136 valence electrons. The molecular weight excluding hydrogens is 320 g/mol.